The molecule has 256 valence electrons. The zero-order chi connectivity index (χ0) is 36.3. The van der Waals surface area contributed by atoms with Crippen LogP contribution in [0.5, 0.6) is 0 Å². The van der Waals surface area contributed by atoms with Crippen molar-refractivity contribution < 1.29 is 0 Å². The van der Waals surface area contributed by atoms with E-state index in [-0.39, 0.29) is 10.8 Å². The van der Waals surface area contributed by atoms with Gasteiger partial charge in [-0.1, -0.05) is 191 Å². The van der Waals surface area contributed by atoms with Crippen LogP contribution in [0.3, 0.4) is 0 Å². The van der Waals surface area contributed by atoms with Gasteiger partial charge in [0.2, 0.25) is 0 Å². The van der Waals surface area contributed by atoms with Crippen molar-refractivity contribution in [3.05, 3.63) is 192 Å². The van der Waals surface area contributed by atoms with Gasteiger partial charge in [0.05, 0.1) is 0 Å². The van der Waals surface area contributed by atoms with E-state index in [1.54, 1.807) is 0 Å². The van der Waals surface area contributed by atoms with Gasteiger partial charge < -0.3 is 0 Å². The molecule has 9 aromatic carbocycles. The van der Waals surface area contributed by atoms with Crippen molar-refractivity contribution in [1.29, 1.82) is 0 Å². The van der Waals surface area contributed by atoms with E-state index in [2.05, 4.69) is 198 Å². The maximum Gasteiger partial charge on any atom is 0.0165 e. The Morgan fingerprint density at radius 2 is 0.833 bits per heavy atom. The highest BCUT2D eigenvalue weighted by Crippen LogP contribution is 2.59. The fraction of sp³-hybridized carbons (Fsp3) is 0.111. The zero-order valence-corrected chi connectivity index (χ0v) is 31.2. The van der Waals surface area contributed by atoms with E-state index in [9.17, 15) is 0 Å². The summed E-state index contributed by atoms with van der Waals surface area (Å²) >= 11 is 0. The van der Waals surface area contributed by atoms with Crippen molar-refractivity contribution >= 4 is 32.3 Å². The Morgan fingerprint density at radius 3 is 1.56 bits per heavy atom. The van der Waals surface area contributed by atoms with Crippen molar-refractivity contribution in [2.24, 2.45) is 0 Å². The zero-order valence-electron chi connectivity index (χ0n) is 31.2. The molecule has 0 nitrogen and oxygen atoms in total. The van der Waals surface area contributed by atoms with E-state index in [0.29, 0.717) is 0 Å². The molecule has 0 spiro atoms. The maximum absolute atomic E-state index is 2.46. The summed E-state index contributed by atoms with van der Waals surface area (Å²) in [5.41, 5.74) is 18.9. The van der Waals surface area contributed by atoms with Crippen LogP contribution in [0, 0.1) is 0 Å². The molecule has 0 amide bonds. The van der Waals surface area contributed by atoms with Crippen LogP contribution >= 0.6 is 0 Å². The number of hydrogen-bond donors (Lipinski definition) is 0. The van der Waals surface area contributed by atoms with Crippen LogP contribution in [0.25, 0.3) is 88.0 Å². The smallest absolute Gasteiger partial charge is 0.0165 e. The first-order valence-corrected chi connectivity index (χ1v) is 19.3. The lowest BCUT2D eigenvalue weighted by molar-refractivity contribution is 0.647. The van der Waals surface area contributed by atoms with Gasteiger partial charge in [-0.3, -0.25) is 0 Å². The number of hydrogen-bond acceptors (Lipinski definition) is 0. The summed E-state index contributed by atoms with van der Waals surface area (Å²) in [5.74, 6) is 0. The molecule has 11 rings (SSSR count). The van der Waals surface area contributed by atoms with E-state index in [1.165, 1.54) is 110 Å². The third-order valence-electron chi connectivity index (χ3n) is 12.9. The molecule has 0 saturated carbocycles. The Labute approximate surface area is 317 Å². The molecular weight excluding hydrogens is 649 g/mol. The molecule has 54 heavy (non-hydrogen) atoms. The molecule has 0 atom stereocenters. The Kier molecular flexibility index (Phi) is 6.46. The van der Waals surface area contributed by atoms with Gasteiger partial charge in [-0.15, -0.1) is 0 Å². The molecule has 0 heteroatoms. The number of fused-ring (bicyclic) bond motifs is 10. The third kappa shape index (κ3) is 4.20. The van der Waals surface area contributed by atoms with Gasteiger partial charge in [0.1, 0.15) is 0 Å². The van der Waals surface area contributed by atoms with E-state index in [1.807, 2.05) is 0 Å². The van der Waals surface area contributed by atoms with Crippen LogP contribution in [0.2, 0.25) is 0 Å². The number of rotatable bonds is 3. The second kappa shape index (κ2) is 11.1. The largest absolute Gasteiger partial charge is 0.0619 e. The van der Waals surface area contributed by atoms with Gasteiger partial charge in [0.15, 0.2) is 0 Å². The second-order valence-electron chi connectivity index (χ2n) is 16.4. The van der Waals surface area contributed by atoms with Gasteiger partial charge in [0.25, 0.3) is 0 Å². The summed E-state index contributed by atoms with van der Waals surface area (Å²) in [7, 11) is 0. The Morgan fingerprint density at radius 1 is 0.296 bits per heavy atom. The minimum atomic E-state index is -0.122. The quantitative estimate of drug-likeness (QED) is 0.162. The van der Waals surface area contributed by atoms with Gasteiger partial charge in [0, 0.05) is 10.8 Å². The second-order valence-corrected chi connectivity index (χ2v) is 16.4. The van der Waals surface area contributed by atoms with Gasteiger partial charge in [-0.2, -0.15) is 0 Å². The average molecular weight is 689 g/mol. The van der Waals surface area contributed by atoms with E-state index < -0.39 is 0 Å². The third-order valence-corrected chi connectivity index (χ3v) is 12.9. The first-order chi connectivity index (χ1) is 26.3. The van der Waals surface area contributed by atoms with Crippen molar-refractivity contribution in [1.82, 2.24) is 0 Å². The molecule has 0 radical (unpaired) electrons. The molecule has 0 aliphatic heterocycles. The van der Waals surface area contributed by atoms with Gasteiger partial charge >= 0.3 is 0 Å². The summed E-state index contributed by atoms with van der Waals surface area (Å²) in [6.45, 7) is 9.62. The molecule has 9 aromatic rings. The van der Waals surface area contributed by atoms with Gasteiger partial charge in [-0.05, 0) is 116 Å². The molecule has 0 bridgehead atoms. The summed E-state index contributed by atoms with van der Waals surface area (Å²) in [6.07, 6.45) is 0. The lowest BCUT2D eigenvalue weighted by Gasteiger charge is -2.26. The molecule has 0 fully saturated rings. The highest BCUT2D eigenvalue weighted by Gasteiger charge is 2.44. The Bertz CT molecular complexity index is 2960. The summed E-state index contributed by atoms with van der Waals surface area (Å²) in [6, 6.07) is 63.7. The molecule has 2 aliphatic rings. The average Bonchev–Trinajstić information content (AvgIpc) is 3.59. The van der Waals surface area contributed by atoms with E-state index >= 15 is 0 Å². The van der Waals surface area contributed by atoms with Crippen LogP contribution in [-0.4, -0.2) is 0 Å². The van der Waals surface area contributed by atoms with Gasteiger partial charge in [-0.25, -0.2) is 0 Å². The molecule has 0 N–H and O–H groups in total. The molecule has 0 heterocycles. The predicted molar refractivity (Wildman–Crippen MR) is 230 cm³/mol. The number of benzene rings is 9. The van der Waals surface area contributed by atoms with E-state index in [0.717, 1.165) is 0 Å². The summed E-state index contributed by atoms with van der Waals surface area (Å²) < 4.78 is 0. The van der Waals surface area contributed by atoms with Crippen LogP contribution in [0.15, 0.2) is 170 Å². The lowest BCUT2D eigenvalue weighted by Crippen LogP contribution is -2.18. The van der Waals surface area contributed by atoms with Crippen LogP contribution < -0.4 is 0 Å². The SMILES string of the molecule is CC1(C)c2ccccc2-c2c1ccc1c2C(C)(C)c2cc(-c3ccc(-c4c5ccccc5c(-c5cccc6ccccc56)c5ccccc45)cc3)ccc2-1. The topological polar surface area (TPSA) is 0 Å². The highest BCUT2D eigenvalue weighted by atomic mass is 14.5. The molecule has 0 unspecified atom stereocenters. The Hall–Kier alpha value is -6.24. The lowest BCUT2D eigenvalue weighted by atomic mass is 9.77. The van der Waals surface area contributed by atoms with Crippen LogP contribution in [-0.2, 0) is 10.8 Å². The van der Waals surface area contributed by atoms with Crippen LogP contribution in [0.4, 0.5) is 0 Å². The van der Waals surface area contributed by atoms with Crippen LogP contribution in [0.1, 0.15) is 49.9 Å². The normalized spacial score (nSPS) is 14.6. The van der Waals surface area contributed by atoms with E-state index in [4.69, 9.17) is 0 Å². The fourth-order valence-corrected chi connectivity index (χ4v) is 10.3. The molecule has 0 saturated heterocycles. The van der Waals surface area contributed by atoms with Crippen molar-refractivity contribution in [3.63, 3.8) is 0 Å². The molecule has 0 aromatic heterocycles. The predicted octanol–water partition coefficient (Wildman–Crippen LogP) is 14.8. The highest BCUT2D eigenvalue weighted by molar-refractivity contribution is 6.23. The standard InChI is InChI=1S/C54H40/c1-53(2)46-23-12-11-21-45(46)51-47(53)31-30-44-38-29-28-36(32-48(38)54(3,4)52(44)51)33-24-26-35(27-25-33)49-40-17-7-9-19-42(40)50(43-20-10-8-18-41(43)49)39-22-13-15-34-14-5-6-16-37(34)39/h5-32H,1-4H3. The summed E-state index contributed by atoms with van der Waals surface area (Å²) in [4.78, 5) is 0. The maximum atomic E-state index is 2.46. The Balaban J connectivity index is 1.03. The minimum absolute atomic E-state index is 0.00832. The van der Waals surface area contributed by atoms with Crippen molar-refractivity contribution in [2.45, 2.75) is 38.5 Å². The first-order valence-electron chi connectivity index (χ1n) is 19.3. The molecule has 2 aliphatic carbocycles. The minimum Gasteiger partial charge on any atom is -0.0619 e. The fourth-order valence-electron chi connectivity index (χ4n) is 10.3. The monoisotopic (exact) mass is 688 g/mol. The van der Waals surface area contributed by atoms with Crippen molar-refractivity contribution in [3.8, 4) is 55.6 Å². The first kappa shape index (κ1) is 31.3. The molecular formula is C54H40. The summed E-state index contributed by atoms with van der Waals surface area (Å²) in [5, 5.41) is 7.67. The van der Waals surface area contributed by atoms with Crippen molar-refractivity contribution in [2.75, 3.05) is 0 Å².